The second-order valence-corrected chi connectivity index (χ2v) is 10.4. The average molecular weight is 545 g/mol. The molecule has 0 amide bonds. The molecule has 10 heteroatoms. The van der Waals surface area contributed by atoms with Gasteiger partial charge in [-0.25, -0.2) is 4.68 Å². The fraction of sp³-hybridized carbons (Fsp3) is 0.310. The van der Waals surface area contributed by atoms with Crippen molar-refractivity contribution in [1.82, 2.24) is 30.1 Å². The first kappa shape index (κ1) is 25.5. The van der Waals surface area contributed by atoms with Crippen LogP contribution in [-0.2, 0) is 24.4 Å². The fourth-order valence-electron chi connectivity index (χ4n) is 5.29. The lowest BCUT2D eigenvalue weighted by Gasteiger charge is -2.30. The van der Waals surface area contributed by atoms with E-state index in [4.69, 9.17) is 20.8 Å². The molecular formula is C29H29ClN6O3. The van der Waals surface area contributed by atoms with Crippen LogP contribution in [0.5, 0.6) is 0 Å². The van der Waals surface area contributed by atoms with Crippen molar-refractivity contribution in [3.63, 3.8) is 0 Å². The minimum absolute atomic E-state index is 0.0280. The smallest absolute Gasteiger partial charge is 0.253 e. The van der Waals surface area contributed by atoms with E-state index in [1.54, 1.807) is 10.9 Å². The van der Waals surface area contributed by atoms with E-state index in [1.807, 2.05) is 67.6 Å². The first-order valence-corrected chi connectivity index (χ1v) is 13.4. The molecule has 9 nitrogen and oxygen atoms in total. The summed E-state index contributed by atoms with van der Waals surface area (Å²) in [6.45, 7) is 4.16. The summed E-state index contributed by atoms with van der Waals surface area (Å²) in [5, 5.41) is 14.5. The molecule has 39 heavy (non-hydrogen) atoms. The number of halogens is 1. The van der Waals surface area contributed by atoms with Crippen molar-refractivity contribution in [1.29, 1.82) is 0 Å². The van der Waals surface area contributed by atoms with Gasteiger partial charge in [-0.1, -0.05) is 41.9 Å². The minimum atomic E-state index is -0.573. The number of aromatic amines is 1. The number of tetrazole rings is 1. The maximum atomic E-state index is 13.8. The highest BCUT2D eigenvalue weighted by Gasteiger charge is 2.32. The van der Waals surface area contributed by atoms with Crippen LogP contribution < -0.4 is 5.56 Å². The molecule has 2 atom stereocenters. The Bertz CT molecular complexity index is 1610. The third-order valence-electron chi connectivity index (χ3n) is 7.22. The molecule has 0 radical (unpaired) electrons. The van der Waals surface area contributed by atoms with Crippen molar-refractivity contribution in [2.45, 2.75) is 51.5 Å². The largest absolute Gasteiger partial charge is 0.468 e. The first-order chi connectivity index (χ1) is 19.0. The van der Waals surface area contributed by atoms with Crippen LogP contribution in [0.4, 0.5) is 0 Å². The third-order valence-corrected chi connectivity index (χ3v) is 7.47. The summed E-state index contributed by atoms with van der Waals surface area (Å²) in [6.07, 6.45) is 3.63. The highest BCUT2D eigenvalue weighted by Crippen LogP contribution is 2.31. The molecule has 1 N–H and O–H groups in total. The molecule has 4 heterocycles. The van der Waals surface area contributed by atoms with Gasteiger partial charge in [0.05, 0.1) is 31.0 Å². The van der Waals surface area contributed by atoms with Gasteiger partial charge in [0.2, 0.25) is 0 Å². The van der Waals surface area contributed by atoms with Crippen LogP contribution in [0.1, 0.15) is 47.2 Å². The standard InChI is InChI=1S/C29H29ClN6O3/c1-19-5-2-6-21-15-25(29(37)31-26(19)21)27(28-32-33-34-36(28)18-24-8-4-14-39-24)35(17-23-7-3-13-38-23)16-20-9-11-22(30)12-10-20/h2-3,5-7,9-13,15,24,27H,4,8,14,16-18H2,1H3,(H,31,37)/t24-,27-/m0/s1. The number of hydrogen-bond acceptors (Lipinski definition) is 7. The number of nitrogens with one attached hydrogen (secondary N) is 1. The maximum absolute atomic E-state index is 13.8. The fourth-order valence-corrected chi connectivity index (χ4v) is 5.41. The number of ether oxygens (including phenoxy) is 1. The molecule has 1 aliphatic heterocycles. The summed E-state index contributed by atoms with van der Waals surface area (Å²) in [5.41, 5.74) is 3.22. The summed E-state index contributed by atoms with van der Waals surface area (Å²) in [4.78, 5) is 19.0. The van der Waals surface area contributed by atoms with Gasteiger partial charge in [0.15, 0.2) is 5.82 Å². The van der Waals surface area contributed by atoms with E-state index >= 15 is 0 Å². The second-order valence-electron chi connectivity index (χ2n) is 9.96. The van der Waals surface area contributed by atoms with Crippen LogP contribution in [0.2, 0.25) is 5.02 Å². The van der Waals surface area contributed by atoms with Crippen LogP contribution in [0, 0.1) is 6.92 Å². The lowest BCUT2D eigenvalue weighted by atomic mass is 10.0. The van der Waals surface area contributed by atoms with Crippen molar-refractivity contribution in [2.75, 3.05) is 6.61 Å². The molecule has 0 spiro atoms. The lowest BCUT2D eigenvalue weighted by molar-refractivity contribution is 0.0901. The van der Waals surface area contributed by atoms with Crippen LogP contribution >= 0.6 is 11.6 Å². The van der Waals surface area contributed by atoms with Crippen molar-refractivity contribution < 1.29 is 9.15 Å². The number of pyridine rings is 1. The first-order valence-electron chi connectivity index (χ1n) is 13.1. The Morgan fingerprint density at radius 3 is 2.79 bits per heavy atom. The Labute approximate surface area is 230 Å². The van der Waals surface area contributed by atoms with Crippen LogP contribution in [-0.4, -0.2) is 42.8 Å². The monoisotopic (exact) mass is 544 g/mol. The number of H-pyrrole nitrogens is 1. The topological polar surface area (TPSA) is 102 Å². The van der Waals surface area contributed by atoms with E-state index in [0.29, 0.717) is 36.0 Å². The quantitative estimate of drug-likeness (QED) is 0.277. The van der Waals surface area contributed by atoms with Gasteiger partial charge in [0.25, 0.3) is 5.56 Å². The molecule has 3 aromatic heterocycles. The predicted octanol–water partition coefficient (Wildman–Crippen LogP) is 5.04. The van der Waals surface area contributed by atoms with Gasteiger partial charge in [-0.15, -0.1) is 5.10 Å². The van der Waals surface area contributed by atoms with Gasteiger partial charge in [-0.3, -0.25) is 9.69 Å². The molecule has 0 aliphatic carbocycles. The molecule has 1 fully saturated rings. The van der Waals surface area contributed by atoms with Gasteiger partial charge in [0.1, 0.15) is 11.8 Å². The Morgan fingerprint density at radius 1 is 1.15 bits per heavy atom. The Balaban J connectivity index is 1.50. The number of nitrogens with zero attached hydrogens (tertiary/aromatic N) is 5. The molecule has 0 saturated carbocycles. The SMILES string of the molecule is Cc1cccc2cc([C@@H](c3nnnn3C[C@@H]3CCCO3)N(Cc3ccc(Cl)cc3)Cc3ccco3)c(=O)[nH]c12. The zero-order valence-corrected chi connectivity index (χ0v) is 22.3. The molecular weight excluding hydrogens is 516 g/mol. The van der Waals surface area contributed by atoms with E-state index in [0.717, 1.165) is 47.2 Å². The van der Waals surface area contributed by atoms with E-state index in [9.17, 15) is 4.79 Å². The van der Waals surface area contributed by atoms with Crippen molar-refractivity contribution in [2.24, 2.45) is 0 Å². The van der Waals surface area contributed by atoms with Crippen LogP contribution in [0.25, 0.3) is 10.9 Å². The van der Waals surface area contributed by atoms with Crippen molar-refractivity contribution in [3.05, 3.63) is 111 Å². The summed E-state index contributed by atoms with van der Waals surface area (Å²) in [5.74, 6) is 1.34. The van der Waals surface area contributed by atoms with E-state index in [-0.39, 0.29) is 11.7 Å². The summed E-state index contributed by atoms with van der Waals surface area (Å²) >= 11 is 6.18. The normalized spacial score (nSPS) is 16.3. The van der Waals surface area contributed by atoms with Crippen LogP contribution in [0.3, 0.4) is 0 Å². The zero-order valence-electron chi connectivity index (χ0n) is 21.6. The third kappa shape index (κ3) is 5.52. The molecule has 5 aromatic rings. The highest BCUT2D eigenvalue weighted by molar-refractivity contribution is 6.30. The maximum Gasteiger partial charge on any atom is 0.253 e. The Kier molecular flexibility index (Phi) is 7.28. The van der Waals surface area contributed by atoms with Gasteiger partial charge in [0, 0.05) is 23.7 Å². The summed E-state index contributed by atoms with van der Waals surface area (Å²) in [7, 11) is 0. The molecule has 6 rings (SSSR count). The molecule has 1 saturated heterocycles. The van der Waals surface area contributed by atoms with E-state index < -0.39 is 6.04 Å². The van der Waals surface area contributed by atoms with Crippen molar-refractivity contribution >= 4 is 22.5 Å². The molecule has 200 valence electrons. The molecule has 0 unspecified atom stereocenters. The molecule has 0 bridgehead atoms. The summed E-state index contributed by atoms with van der Waals surface area (Å²) in [6, 6.07) is 18.8. The number of hydrogen-bond donors (Lipinski definition) is 1. The number of fused-ring (bicyclic) bond motifs is 1. The Hall–Kier alpha value is -3.79. The van der Waals surface area contributed by atoms with Crippen LogP contribution in [0.15, 0.2) is 76.1 Å². The van der Waals surface area contributed by atoms with E-state index in [1.165, 1.54) is 0 Å². The molecule has 1 aliphatic rings. The van der Waals surface area contributed by atoms with Gasteiger partial charge < -0.3 is 14.1 Å². The van der Waals surface area contributed by atoms with Gasteiger partial charge >= 0.3 is 0 Å². The minimum Gasteiger partial charge on any atom is -0.468 e. The Morgan fingerprint density at radius 2 is 2.03 bits per heavy atom. The zero-order chi connectivity index (χ0) is 26.8. The number of para-hydroxylation sites is 1. The van der Waals surface area contributed by atoms with Gasteiger partial charge in [-0.2, -0.15) is 0 Å². The second kappa shape index (κ2) is 11.1. The lowest BCUT2D eigenvalue weighted by Crippen LogP contribution is -2.35. The van der Waals surface area contributed by atoms with Crippen molar-refractivity contribution in [3.8, 4) is 0 Å². The summed E-state index contributed by atoms with van der Waals surface area (Å²) < 4.78 is 13.4. The number of furan rings is 1. The number of aromatic nitrogens is 5. The van der Waals surface area contributed by atoms with E-state index in [2.05, 4.69) is 25.4 Å². The van der Waals surface area contributed by atoms with Gasteiger partial charge in [-0.05, 0) is 77.0 Å². The highest BCUT2D eigenvalue weighted by atomic mass is 35.5. The average Bonchev–Trinajstić information content (AvgIpc) is 3.72. The predicted molar refractivity (Wildman–Crippen MR) is 147 cm³/mol. The number of aryl methyl sites for hydroxylation is 1. The molecule has 2 aromatic carbocycles. The number of benzene rings is 2. The number of rotatable bonds is 9.